The normalized spacial score (nSPS) is 10.4. The van der Waals surface area contributed by atoms with Crippen molar-refractivity contribution in [1.29, 1.82) is 0 Å². The fraction of sp³-hybridized carbons (Fsp3) is 0.105. The van der Waals surface area contributed by atoms with E-state index in [0.29, 0.717) is 11.5 Å². The molecule has 9 heteroatoms. The molecule has 0 aliphatic rings. The molecule has 0 atom stereocenters. The van der Waals surface area contributed by atoms with Gasteiger partial charge in [-0.3, -0.25) is 9.59 Å². The number of aromatic nitrogens is 1. The number of nitrogens with zero attached hydrogens (tertiary/aromatic N) is 1. The molecule has 1 heterocycles. The van der Waals surface area contributed by atoms with Crippen molar-refractivity contribution in [2.24, 2.45) is 5.73 Å². The molecule has 0 spiro atoms. The lowest BCUT2D eigenvalue weighted by molar-refractivity contribution is 0.0950. The van der Waals surface area contributed by atoms with Gasteiger partial charge in [0.15, 0.2) is 4.88 Å². The summed E-state index contributed by atoms with van der Waals surface area (Å²) in [5.74, 6) is -0.604. The number of primary amides is 1. The molecule has 0 aliphatic carbocycles. The fourth-order valence-corrected chi connectivity index (χ4v) is 2.96. The number of nitrogens with one attached hydrogen (secondary N) is 1. The maximum absolute atomic E-state index is 14.0. The topological polar surface area (TPSA) is 104 Å². The van der Waals surface area contributed by atoms with Crippen LogP contribution >= 0.6 is 11.3 Å². The van der Waals surface area contributed by atoms with E-state index in [9.17, 15) is 14.0 Å². The summed E-state index contributed by atoms with van der Waals surface area (Å²) in [6, 6.07) is 10.7. The van der Waals surface area contributed by atoms with Crippen LogP contribution in [-0.4, -0.2) is 23.9 Å². The van der Waals surface area contributed by atoms with E-state index in [2.05, 4.69) is 10.3 Å². The summed E-state index contributed by atoms with van der Waals surface area (Å²) in [4.78, 5) is 27.8. The minimum absolute atomic E-state index is 0.0593. The summed E-state index contributed by atoms with van der Waals surface area (Å²) in [5.41, 5.74) is 6.87. The summed E-state index contributed by atoms with van der Waals surface area (Å²) >= 11 is 1.10. The SMILES string of the molecule is COc1cccc(Oc2ncsc2C(=O)NCc2ccc(C(N)=O)cc2F)c1. The number of halogens is 1. The van der Waals surface area contributed by atoms with Crippen LogP contribution in [0.25, 0.3) is 0 Å². The van der Waals surface area contributed by atoms with Crippen molar-refractivity contribution in [2.45, 2.75) is 6.54 Å². The first-order chi connectivity index (χ1) is 13.5. The van der Waals surface area contributed by atoms with Gasteiger partial charge in [0.1, 0.15) is 17.3 Å². The predicted molar refractivity (Wildman–Crippen MR) is 101 cm³/mol. The summed E-state index contributed by atoms with van der Waals surface area (Å²) < 4.78 is 24.8. The molecule has 0 bridgehead atoms. The van der Waals surface area contributed by atoms with Gasteiger partial charge in [-0.15, -0.1) is 11.3 Å². The number of hydrogen-bond acceptors (Lipinski definition) is 6. The van der Waals surface area contributed by atoms with E-state index in [1.54, 1.807) is 24.3 Å². The fourth-order valence-electron chi connectivity index (χ4n) is 2.34. The Hall–Kier alpha value is -3.46. The quantitative estimate of drug-likeness (QED) is 0.633. The molecule has 0 saturated heterocycles. The van der Waals surface area contributed by atoms with E-state index in [-0.39, 0.29) is 28.4 Å². The molecule has 1 aromatic heterocycles. The molecule has 3 aromatic rings. The number of hydrogen-bond donors (Lipinski definition) is 2. The van der Waals surface area contributed by atoms with Crippen LogP contribution in [0.15, 0.2) is 48.0 Å². The molecule has 7 nitrogen and oxygen atoms in total. The number of nitrogens with two attached hydrogens (primary N) is 1. The zero-order chi connectivity index (χ0) is 20.1. The zero-order valence-corrected chi connectivity index (χ0v) is 15.6. The van der Waals surface area contributed by atoms with E-state index in [4.69, 9.17) is 15.2 Å². The number of benzene rings is 2. The molecule has 0 fully saturated rings. The summed E-state index contributed by atoms with van der Waals surface area (Å²) in [7, 11) is 1.54. The van der Waals surface area contributed by atoms with Crippen LogP contribution in [0.5, 0.6) is 17.4 Å². The summed E-state index contributed by atoms with van der Waals surface area (Å²) in [6.45, 7) is -0.0692. The molecule has 0 radical (unpaired) electrons. The van der Waals surface area contributed by atoms with Crippen LogP contribution in [0.3, 0.4) is 0 Å². The minimum Gasteiger partial charge on any atom is -0.497 e. The van der Waals surface area contributed by atoms with Gasteiger partial charge in [0, 0.05) is 23.7 Å². The lowest BCUT2D eigenvalue weighted by Crippen LogP contribution is -2.23. The number of carbonyl (C=O) groups excluding carboxylic acids is 2. The Kier molecular flexibility index (Phi) is 5.85. The summed E-state index contributed by atoms with van der Waals surface area (Å²) in [5, 5.41) is 2.61. The first-order valence-electron chi connectivity index (χ1n) is 8.09. The van der Waals surface area contributed by atoms with E-state index in [0.717, 1.165) is 17.4 Å². The van der Waals surface area contributed by atoms with Crippen LogP contribution < -0.4 is 20.5 Å². The third-order valence-corrected chi connectivity index (χ3v) is 4.58. The maximum Gasteiger partial charge on any atom is 0.267 e. The van der Waals surface area contributed by atoms with Crippen molar-refractivity contribution in [3.63, 3.8) is 0 Å². The lowest BCUT2D eigenvalue weighted by atomic mass is 10.1. The molecule has 2 amide bonds. The van der Waals surface area contributed by atoms with Gasteiger partial charge < -0.3 is 20.5 Å². The molecule has 144 valence electrons. The van der Waals surface area contributed by atoms with Crippen LogP contribution in [0, 0.1) is 5.82 Å². The molecular formula is C19H16FN3O4S. The van der Waals surface area contributed by atoms with Crippen LogP contribution in [0.1, 0.15) is 25.6 Å². The molecule has 2 aromatic carbocycles. The van der Waals surface area contributed by atoms with E-state index >= 15 is 0 Å². The highest BCUT2D eigenvalue weighted by atomic mass is 32.1. The molecule has 3 rings (SSSR count). The molecule has 0 unspecified atom stereocenters. The van der Waals surface area contributed by atoms with Gasteiger partial charge in [0.25, 0.3) is 5.91 Å². The number of amides is 2. The van der Waals surface area contributed by atoms with Gasteiger partial charge in [-0.2, -0.15) is 0 Å². The number of carbonyl (C=O) groups is 2. The highest BCUT2D eigenvalue weighted by Gasteiger charge is 2.18. The van der Waals surface area contributed by atoms with Crippen molar-refractivity contribution in [1.82, 2.24) is 10.3 Å². The van der Waals surface area contributed by atoms with Gasteiger partial charge in [0.05, 0.1) is 12.6 Å². The van der Waals surface area contributed by atoms with Crippen LogP contribution in [0.4, 0.5) is 4.39 Å². The molecular weight excluding hydrogens is 385 g/mol. The van der Waals surface area contributed by atoms with Crippen LogP contribution in [0.2, 0.25) is 0 Å². The number of thiazole rings is 1. The average molecular weight is 401 g/mol. The Labute approximate surface area is 163 Å². The van der Waals surface area contributed by atoms with Crippen LogP contribution in [-0.2, 0) is 6.54 Å². The first-order valence-corrected chi connectivity index (χ1v) is 8.97. The van der Waals surface area contributed by atoms with Crippen molar-refractivity contribution < 1.29 is 23.5 Å². The van der Waals surface area contributed by atoms with Crippen molar-refractivity contribution in [3.05, 3.63) is 69.8 Å². The maximum atomic E-state index is 14.0. The molecule has 3 N–H and O–H groups in total. The smallest absolute Gasteiger partial charge is 0.267 e. The first kappa shape index (κ1) is 19.3. The van der Waals surface area contributed by atoms with Crippen molar-refractivity contribution in [3.8, 4) is 17.4 Å². The zero-order valence-electron chi connectivity index (χ0n) is 14.8. The number of ether oxygens (including phenoxy) is 2. The Morgan fingerprint density at radius 2 is 2.00 bits per heavy atom. The molecule has 0 aliphatic heterocycles. The van der Waals surface area contributed by atoms with Gasteiger partial charge in [-0.25, -0.2) is 9.37 Å². The van der Waals surface area contributed by atoms with E-state index in [1.165, 1.54) is 24.8 Å². The third-order valence-electron chi connectivity index (χ3n) is 3.77. The second kappa shape index (κ2) is 8.49. The second-order valence-electron chi connectivity index (χ2n) is 5.62. The predicted octanol–water partition coefficient (Wildman–Crippen LogP) is 3.11. The number of rotatable bonds is 7. The standard InChI is InChI=1S/C19H16FN3O4S/c1-26-13-3-2-4-14(8-13)27-19-16(28-10-23-19)18(25)22-9-12-6-5-11(17(21)24)7-15(12)20/h2-8,10H,9H2,1H3,(H2,21,24)(H,22,25). The Bertz CT molecular complexity index is 1020. The summed E-state index contributed by atoms with van der Waals surface area (Å²) in [6.07, 6.45) is 0. The monoisotopic (exact) mass is 401 g/mol. The van der Waals surface area contributed by atoms with Gasteiger partial charge in [-0.05, 0) is 24.3 Å². The Balaban J connectivity index is 1.69. The second-order valence-corrected chi connectivity index (χ2v) is 6.48. The highest BCUT2D eigenvalue weighted by Crippen LogP contribution is 2.29. The number of methoxy groups -OCH3 is 1. The Morgan fingerprint density at radius 3 is 2.71 bits per heavy atom. The van der Waals surface area contributed by atoms with Gasteiger partial charge in [-0.1, -0.05) is 12.1 Å². The van der Waals surface area contributed by atoms with Crippen molar-refractivity contribution in [2.75, 3.05) is 7.11 Å². The molecule has 0 saturated carbocycles. The highest BCUT2D eigenvalue weighted by molar-refractivity contribution is 7.12. The largest absolute Gasteiger partial charge is 0.497 e. The van der Waals surface area contributed by atoms with E-state index in [1.807, 2.05) is 0 Å². The Morgan fingerprint density at radius 1 is 1.21 bits per heavy atom. The molecule has 28 heavy (non-hydrogen) atoms. The lowest BCUT2D eigenvalue weighted by Gasteiger charge is -2.08. The van der Waals surface area contributed by atoms with Crippen molar-refractivity contribution >= 4 is 23.2 Å². The minimum atomic E-state index is -0.724. The average Bonchev–Trinajstić information content (AvgIpc) is 3.15. The third kappa shape index (κ3) is 4.44. The van der Waals surface area contributed by atoms with Gasteiger partial charge in [0.2, 0.25) is 11.8 Å². The van der Waals surface area contributed by atoms with E-state index < -0.39 is 17.6 Å². The van der Waals surface area contributed by atoms with Gasteiger partial charge >= 0.3 is 0 Å².